The molecule has 3 N–H and O–H groups in total. The molecule has 0 aliphatic rings. The van der Waals surface area contributed by atoms with Gasteiger partial charge < -0.3 is 10.6 Å². The van der Waals surface area contributed by atoms with E-state index in [0.717, 1.165) is 6.42 Å². The van der Waals surface area contributed by atoms with E-state index in [1.165, 1.54) is 0 Å². The fourth-order valence-corrected chi connectivity index (χ4v) is 3.20. The van der Waals surface area contributed by atoms with Crippen LogP contribution in [0.1, 0.15) is 20.3 Å². The third-order valence-corrected chi connectivity index (χ3v) is 4.71. The molecule has 0 radical (unpaired) electrons. The molecule has 0 aromatic heterocycles. The van der Waals surface area contributed by atoms with Gasteiger partial charge >= 0.3 is 0 Å². The Morgan fingerprint density at radius 1 is 1.37 bits per heavy atom. The smallest absolute Gasteiger partial charge is 0.242 e. The Balaban J connectivity index is 3.16. The fraction of sp³-hybridized carbons (Fsp3) is 0.538. The minimum absolute atomic E-state index is 0.183. The zero-order valence-electron chi connectivity index (χ0n) is 11.8. The summed E-state index contributed by atoms with van der Waals surface area (Å²) in [7, 11) is -1.57. The Bertz CT molecular complexity index is 502. The van der Waals surface area contributed by atoms with Crippen molar-refractivity contribution >= 4 is 15.7 Å². The number of benzene rings is 1. The molecule has 108 valence electrons. The second-order valence-corrected chi connectivity index (χ2v) is 6.24. The summed E-state index contributed by atoms with van der Waals surface area (Å²) in [5.41, 5.74) is 6.26. The number of nitrogens with one attached hydrogen (secondary N) is 1. The molecule has 1 unspecified atom stereocenters. The monoisotopic (exact) mass is 285 g/mol. The van der Waals surface area contributed by atoms with Gasteiger partial charge in [-0.05, 0) is 32.0 Å². The minimum atomic E-state index is -3.46. The van der Waals surface area contributed by atoms with Crippen molar-refractivity contribution in [3.63, 3.8) is 0 Å². The van der Waals surface area contributed by atoms with E-state index < -0.39 is 10.0 Å². The summed E-state index contributed by atoms with van der Waals surface area (Å²) in [6, 6.07) is 7.19. The highest BCUT2D eigenvalue weighted by atomic mass is 32.2. The van der Waals surface area contributed by atoms with Crippen LogP contribution in [0.3, 0.4) is 0 Å². The average molecular weight is 285 g/mol. The highest BCUT2D eigenvalue weighted by molar-refractivity contribution is 7.89. The van der Waals surface area contributed by atoms with Gasteiger partial charge in [-0.1, -0.05) is 19.1 Å². The van der Waals surface area contributed by atoms with Gasteiger partial charge in [-0.25, -0.2) is 13.1 Å². The molecule has 0 fully saturated rings. The van der Waals surface area contributed by atoms with E-state index in [-0.39, 0.29) is 6.04 Å². The van der Waals surface area contributed by atoms with Gasteiger partial charge in [0.1, 0.15) is 4.90 Å². The lowest BCUT2D eigenvalue weighted by Crippen LogP contribution is -2.33. The molecule has 0 amide bonds. The van der Waals surface area contributed by atoms with Gasteiger partial charge in [0.05, 0.1) is 5.69 Å². The quantitative estimate of drug-likeness (QED) is 0.788. The lowest BCUT2D eigenvalue weighted by atomic mass is 10.2. The molecule has 0 aliphatic carbocycles. The lowest BCUT2D eigenvalue weighted by molar-refractivity contribution is 0.581. The molecule has 1 aromatic rings. The summed E-state index contributed by atoms with van der Waals surface area (Å²) in [5, 5.41) is 0. The maximum Gasteiger partial charge on any atom is 0.242 e. The first-order valence-corrected chi connectivity index (χ1v) is 7.94. The van der Waals surface area contributed by atoms with Crippen molar-refractivity contribution in [1.29, 1.82) is 0 Å². The highest BCUT2D eigenvalue weighted by Gasteiger charge is 2.21. The van der Waals surface area contributed by atoms with E-state index in [4.69, 9.17) is 5.73 Å². The molecule has 0 saturated heterocycles. The number of nitrogens with two attached hydrogens (primary N) is 1. The Kier molecular flexibility index (Phi) is 5.78. The van der Waals surface area contributed by atoms with Crippen LogP contribution in [-0.2, 0) is 10.0 Å². The standard InChI is InChI=1S/C13H23N3O2S/c1-4-15-19(17,18)13-8-6-5-7-12(13)16(3)11(2)9-10-14/h5-8,11,15H,4,9-10,14H2,1-3H3. The van der Waals surface area contributed by atoms with Crippen LogP contribution in [0.2, 0.25) is 0 Å². The van der Waals surface area contributed by atoms with Crippen LogP contribution in [0.5, 0.6) is 0 Å². The first kappa shape index (κ1) is 15.9. The van der Waals surface area contributed by atoms with Crippen molar-refractivity contribution in [2.75, 3.05) is 25.0 Å². The molecule has 0 aliphatic heterocycles. The number of sulfonamides is 1. The molecular weight excluding hydrogens is 262 g/mol. The van der Waals surface area contributed by atoms with Gasteiger partial charge in [0.15, 0.2) is 0 Å². The van der Waals surface area contributed by atoms with E-state index in [9.17, 15) is 8.42 Å². The summed E-state index contributed by atoms with van der Waals surface area (Å²) in [6.45, 7) is 4.75. The summed E-state index contributed by atoms with van der Waals surface area (Å²) >= 11 is 0. The number of hydrogen-bond acceptors (Lipinski definition) is 4. The zero-order valence-corrected chi connectivity index (χ0v) is 12.6. The van der Waals surface area contributed by atoms with Crippen LogP contribution in [0.15, 0.2) is 29.2 Å². The molecule has 19 heavy (non-hydrogen) atoms. The summed E-state index contributed by atoms with van der Waals surface area (Å²) < 4.78 is 26.9. The zero-order chi connectivity index (χ0) is 14.5. The Hall–Kier alpha value is -1.11. The summed E-state index contributed by atoms with van der Waals surface area (Å²) in [5.74, 6) is 0. The first-order chi connectivity index (χ1) is 8.94. The second kappa shape index (κ2) is 6.88. The van der Waals surface area contributed by atoms with E-state index in [1.807, 2.05) is 31.0 Å². The molecule has 0 bridgehead atoms. The van der Waals surface area contributed by atoms with Gasteiger partial charge in [0.25, 0.3) is 0 Å². The van der Waals surface area contributed by atoms with E-state index in [2.05, 4.69) is 4.72 Å². The molecule has 0 spiro atoms. The maximum atomic E-state index is 12.2. The molecule has 1 aromatic carbocycles. The van der Waals surface area contributed by atoms with Crippen LogP contribution in [0.25, 0.3) is 0 Å². The fourth-order valence-electron chi connectivity index (χ4n) is 1.92. The molecule has 6 heteroatoms. The molecule has 1 atom stereocenters. The largest absolute Gasteiger partial charge is 0.371 e. The number of nitrogens with zero attached hydrogens (tertiary/aromatic N) is 1. The van der Waals surface area contributed by atoms with E-state index in [1.54, 1.807) is 19.1 Å². The van der Waals surface area contributed by atoms with Crippen molar-refractivity contribution in [3.05, 3.63) is 24.3 Å². The van der Waals surface area contributed by atoms with Crippen LogP contribution in [0.4, 0.5) is 5.69 Å². The molecule has 1 rings (SSSR count). The van der Waals surface area contributed by atoms with Gasteiger partial charge in [-0.3, -0.25) is 0 Å². The van der Waals surface area contributed by atoms with Gasteiger partial charge in [0, 0.05) is 19.6 Å². The van der Waals surface area contributed by atoms with Crippen molar-refractivity contribution in [3.8, 4) is 0 Å². The first-order valence-electron chi connectivity index (χ1n) is 6.45. The number of hydrogen-bond donors (Lipinski definition) is 2. The van der Waals surface area contributed by atoms with Crippen molar-refractivity contribution in [1.82, 2.24) is 4.72 Å². The molecule has 0 heterocycles. The Morgan fingerprint density at radius 3 is 2.58 bits per heavy atom. The lowest BCUT2D eigenvalue weighted by Gasteiger charge is -2.28. The Morgan fingerprint density at radius 2 is 2.00 bits per heavy atom. The van der Waals surface area contributed by atoms with E-state index >= 15 is 0 Å². The van der Waals surface area contributed by atoms with Gasteiger partial charge in [-0.15, -0.1) is 0 Å². The van der Waals surface area contributed by atoms with Crippen LogP contribution >= 0.6 is 0 Å². The second-order valence-electron chi connectivity index (χ2n) is 4.51. The minimum Gasteiger partial charge on any atom is -0.371 e. The van der Waals surface area contributed by atoms with Crippen LogP contribution in [-0.4, -0.2) is 34.6 Å². The topological polar surface area (TPSA) is 75.4 Å². The molecule has 5 nitrogen and oxygen atoms in total. The SMILES string of the molecule is CCNS(=O)(=O)c1ccccc1N(C)C(C)CCN. The predicted molar refractivity (Wildman–Crippen MR) is 78.8 cm³/mol. The molecular formula is C13H23N3O2S. The third kappa shape index (κ3) is 3.92. The molecule has 0 saturated carbocycles. The van der Waals surface area contributed by atoms with E-state index in [0.29, 0.717) is 23.7 Å². The van der Waals surface area contributed by atoms with Crippen molar-refractivity contribution in [2.24, 2.45) is 5.73 Å². The predicted octanol–water partition coefficient (Wildman–Crippen LogP) is 1.16. The summed E-state index contributed by atoms with van der Waals surface area (Å²) in [6.07, 6.45) is 0.812. The van der Waals surface area contributed by atoms with Crippen molar-refractivity contribution in [2.45, 2.75) is 31.2 Å². The number of rotatable bonds is 7. The van der Waals surface area contributed by atoms with Crippen molar-refractivity contribution < 1.29 is 8.42 Å². The summed E-state index contributed by atoms with van der Waals surface area (Å²) in [4.78, 5) is 2.26. The van der Waals surface area contributed by atoms with Crippen LogP contribution < -0.4 is 15.4 Å². The number of para-hydroxylation sites is 1. The number of anilines is 1. The highest BCUT2D eigenvalue weighted by Crippen LogP contribution is 2.25. The third-order valence-electron chi connectivity index (χ3n) is 3.11. The normalized spacial score (nSPS) is 13.3. The average Bonchev–Trinajstić information content (AvgIpc) is 2.38. The van der Waals surface area contributed by atoms with Gasteiger partial charge in [-0.2, -0.15) is 0 Å². The maximum absolute atomic E-state index is 12.2. The van der Waals surface area contributed by atoms with Crippen LogP contribution in [0, 0.1) is 0 Å². The Labute approximate surface area is 115 Å². The van der Waals surface area contributed by atoms with Gasteiger partial charge in [0.2, 0.25) is 10.0 Å².